The van der Waals surface area contributed by atoms with Crippen LogP contribution in [0, 0.1) is 5.92 Å². The summed E-state index contributed by atoms with van der Waals surface area (Å²) >= 11 is 6.15. The summed E-state index contributed by atoms with van der Waals surface area (Å²) in [6.07, 6.45) is 1.81. The molecule has 15 heavy (non-hydrogen) atoms. The second-order valence-electron chi connectivity index (χ2n) is 4.16. The zero-order chi connectivity index (χ0) is 11.0. The Bertz CT molecular complexity index is 488. The molecule has 4 heteroatoms. The number of hydrogen-bond acceptors (Lipinski definition) is 2. The Labute approximate surface area is 93.8 Å². The average molecular weight is 224 g/mol. The van der Waals surface area contributed by atoms with Crippen molar-refractivity contribution in [3.05, 3.63) is 23.4 Å². The molecule has 2 aromatic rings. The highest BCUT2D eigenvalue weighted by Crippen LogP contribution is 2.26. The number of benzene rings is 1. The first-order valence-corrected chi connectivity index (χ1v) is 5.36. The van der Waals surface area contributed by atoms with Gasteiger partial charge in [-0.05, 0) is 18.1 Å². The molecule has 2 rings (SSSR count). The van der Waals surface area contributed by atoms with Gasteiger partial charge in [0.2, 0.25) is 0 Å². The molecular formula is C11H14ClN3. The van der Waals surface area contributed by atoms with Gasteiger partial charge in [0.1, 0.15) is 0 Å². The van der Waals surface area contributed by atoms with Crippen molar-refractivity contribution >= 4 is 28.2 Å². The molecule has 0 aliphatic carbocycles. The largest absolute Gasteiger partial charge is 0.399 e. The van der Waals surface area contributed by atoms with Crippen LogP contribution in [0.3, 0.4) is 0 Å². The molecule has 0 saturated heterocycles. The fourth-order valence-electron chi connectivity index (χ4n) is 1.69. The molecular weight excluding hydrogens is 210 g/mol. The van der Waals surface area contributed by atoms with Crippen LogP contribution in [0.2, 0.25) is 5.02 Å². The van der Waals surface area contributed by atoms with Gasteiger partial charge in [-0.15, -0.1) is 0 Å². The molecule has 0 unspecified atom stereocenters. The quantitative estimate of drug-likeness (QED) is 0.796. The van der Waals surface area contributed by atoms with Gasteiger partial charge in [-0.1, -0.05) is 25.4 Å². The third kappa shape index (κ3) is 1.92. The highest BCUT2D eigenvalue weighted by atomic mass is 35.5. The number of nitrogen functional groups attached to an aromatic ring is 1. The van der Waals surface area contributed by atoms with Gasteiger partial charge in [-0.3, -0.25) is 4.68 Å². The Kier molecular flexibility index (Phi) is 2.57. The zero-order valence-electron chi connectivity index (χ0n) is 8.87. The normalized spacial score (nSPS) is 11.5. The number of anilines is 1. The number of hydrogen-bond donors (Lipinski definition) is 1. The predicted octanol–water partition coefficient (Wildman–Crippen LogP) is 2.93. The fourth-order valence-corrected chi connectivity index (χ4v) is 2.02. The van der Waals surface area contributed by atoms with Crippen molar-refractivity contribution in [3.8, 4) is 0 Å². The molecule has 3 nitrogen and oxygen atoms in total. The van der Waals surface area contributed by atoms with E-state index in [0.717, 1.165) is 17.4 Å². The molecule has 1 aromatic heterocycles. The Morgan fingerprint density at radius 2 is 2.20 bits per heavy atom. The molecule has 0 fully saturated rings. The second kappa shape index (κ2) is 3.74. The maximum absolute atomic E-state index is 6.15. The third-order valence-corrected chi connectivity index (χ3v) is 2.54. The number of nitrogens with two attached hydrogens (primary N) is 1. The molecule has 0 aliphatic heterocycles. The van der Waals surface area contributed by atoms with Crippen LogP contribution in [-0.4, -0.2) is 9.78 Å². The zero-order valence-corrected chi connectivity index (χ0v) is 9.62. The predicted molar refractivity (Wildman–Crippen MR) is 64.0 cm³/mol. The minimum Gasteiger partial charge on any atom is -0.399 e. The fraction of sp³-hybridized carbons (Fsp3) is 0.364. The molecule has 0 radical (unpaired) electrons. The highest BCUT2D eigenvalue weighted by Gasteiger charge is 2.08. The number of fused-ring (bicyclic) bond motifs is 1. The molecule has 0 saturated carbocycles. The lowest BCUT2D eigenvalue weighted by Gasteiger charge is -2.07. The lowest BCUT2D eigenvalue weighted by Crippen LogP contribution is -2.05. The van der Waals surface area contributed by atoms with E-state index in [9.17, 15) is 0 Å². The molecule has 80 valence electrons. The van der Waals surface area contributed by atoms with Crippen LogP contribution in [0.4, 0.5) is 5.69 Å². The smallest absolute Gasteiger partial charge is 0.0870 e. The molecule has 0 amide bonds. The van der Waals surface area contributed by atoms with Crippen LogP contribution in [0.15, 0.2) is 18.3 Å². The summed E-state index contributed by atoms with van der Waals surface area (Å²) in [7, 11) is 0. The van der Waals surface area contributed by atoms with E-state index < -0.39 is 0 Å². The van der Waals surface area contributed by atoms with Crippen molar-refractivity contribution in [1.82, 2.24) is 9.78 Å². The van der Waals surface area contributed by atoms with Crippen molar-refractivity contribution in [1.29, 1.82) is 0 Å². The Morgan fingerprint density at radius 3 is 2.87 bits per heavy atom. The first kappa shape index (κ1) is 10.3. The summed E-state index contributed by atoms with van der Waals surface area (Å²) in [4.78, 5) is 0. The maximum Gasteiger partial charge on any atom is 0.0870 e. The maximum atomic E-state index is 6.15. The van der Waals surface area contributed by atoms with E-state index in [1.165, 1.54) is 0 Å². The number of aromatic nitrogens is 2. The molecule has 0 spiro atoms. The summed E-state index contributed by atoms with van der Waals surface area (Å²) in [5.41, 5.74) is 7.36. The minimum atomic E-state index is 0.543. The Balaban J connectivity index is 2.58. The lowest BCUT2D eigenvalue weighted by atomic mass is 10.2. The van der Waals surface area contributed by atoms with Gasteiger partial charge in [-0.2, -0.15) is 5.10 Å². The van der Waals surface area contributed by atoms with Gasteiger partial charge in [0.25, 0.3) is 0 Å². The van der Waals surface area contributed by atoms with E-state index in [1.54, 1.807) is 12.3 Å². The SMILES string of the molecule is CC(C)Cn1ncc2cc(N)cc(Cl)c21. The van der Waals surface area contributed by atoms with Crippen molar-refractivity contribution < 1.29 is 0 Å². The molecule has 1 aromatic carbocycles. The summed E-state index contributed by atoms with van der Waals surface area (Å²) in [6, 6.07) is 3.66. The number of halogens is 1. The standard InChI is InChI=1S/C11H14ClN3/c1-7(2)6-15-11-8(5-14-15)3-9(13)4-10(11)12/h3-5,7H,6,13H2,1-2H3. The Morgan fingerprint density at radius 1 is 1.47 bits per heavy atom. The van der Waals surface area contributed by atoms with Crippen molar-refractivity contribution in [3.63, 3.8) is 0 Å². The second-order valence-corrected chi connectivity index (χ2v) is 4.57. The van der Waals surface area contributed by atoms with E-state index in [-0.39, 0.29) is 0 Å². The third-order valence-electron chi connectivity index (χ3n) is 2.25. The van der Waals surface area contributed by atoms with Gasteiger partial charge in [-0.25, -0.2) is 0 Å². The van der Waals surface area contributed by atoms with Crippen LogP contribution in [0.1, 0.15) is 13.8 Å². The van der Waals surface area contributed by atoms with Gasteiger partial charge in [0.05, 0.1) is 16.7 Å². The van der Waals surface area contributed by atoms with Crippen LogP contribution in [0.5, 0.6) is 0 Å². The van der Waals surface area contributed by atoms with Crippen LogP contribution in [-0.2, 0) is 6.54 Å². The van der Waals surface area contributed by atoms with Crippen molar-refractivity contribution in [2.75, 3.05) is 5.73 Å². The van der Waals surface area contributed by atoms with Gasteiger partial charge < -0.3 is 5.73 Å². The van der Waals surface area contributed by atoms with Crippen LogP contribution in [0.25, 0.3) is 10.9 Å². The monoisotopic (exact) mass is 223 g/mol. The number of rotatable bonds is 2. The van der Waals surface area contributed by atoms with Crippen LogP contribution < -0.4 is 5.73 Å². The Hall–Kier alpha value is -1.22. The minimum absolute atomic E-state index is 0.543. The summed E-state index contributed by atoms with van der Waals surface area (Å²) in [5, 5.41) is 5.98. The summed E-state index contributed by atoms with van der Waals surface area (Å²) in [5.74, 6) is 0.543. The van der Waals surface area contributed by atoms with E-state index >= 15 is 0 Å². The summed E-state index contributed by atoms with van der Waals surface area (Å²) < 4.78 is 1.93. The first-order valence-electron chi connectivity index (χ1n) is 4.98. The summed E-state index contributed by atoms with van der Waals surface area (Å²) in [6.45, 7) is 5.17. The molecule has 2 N–H and O–H groups in total. The van der Waals surface area contributed by atoms with Crippen LogP contribution >= 0.6 is 11.6 Å². The van der Waals surface area contributed by atoms with E-state index in [2.05, 4.69) is 18.9 Å². The van der Waals surface area contributed by atoms with Gasteiger partial charge in [0.15, 0.2) is 0 Å². The molecule has 0 bridgehead atoms. The molecule has 0 aliphatic rings. The van der Waals surface area contributed by atoms with Gasteiger partial charge >= 0.3 is 0 Å². The average Bonchev–Trinajstić information content (AvgIpc) is 2.46. The van der Waals surface area contributed by atoms with Crippen molar-refractivity contribution in [2.24, 2.45) is 5.92 Å². The first-order chi connectivity index (χ1) is 7.08. The van der Waals surface area contributed by atoms with E-state index in [1.807, 2.05) is 10.7 Å². The number of nitrogens with zero attached hydrogens (tertiary/aromatic N) is 2. The van der Waals surface area contributed by atoms with Crippen molar-refractivity contribution in [2.45, 2.75) is 20.4 Å². The topological polar surface area (TPSA) is 43.8 Å². The molecule has 0 atom stereocenters. The van der Waals surface area contributed by atoms with E-state index in [4.69, 9.17) is 17.3 Å². The van der Waals surface area contributed by atoms with Gasteiger partial charge in [0, 0.05) is 17.6 Å². The molecule has 1 heterocycles. The highest BCUT2D eigenvalue weighted by molar-refractivity contribution is 6.35. The lowest BCUT2D eigenvalue weighted by molar-refractivity contribution is 0.495. The van der Waals surface area contributed by atoms with E-state index in [0.29, 0.717) is 16.6 Å².